The van der Waals surface area contributed by atoms with Crippen molar-refractivity contribution in [2.45, 2.75) is 45.7 Å². The number of amides is 1. The van der Waals surface area contributed by atoms with Crippen LogP contribution in [-0.4, -0.2) is 67.1 Å². The average Bonchev–Trinajstić information content (AvgIpc) is 2.35. The molecule has 0 aromatic carbocycles. The maximum atomic E-state index is 12.0. The van der Waals surface area contributed by atoms with Crippen LogP contribution >= 0.6 is 0 Å². The van der Waals surface area contributed by atoms with E-state index in [1.807, 2.05) is 0 Å². The highest BCUT2D eigenvalue weighted by atomic mass is 16.2. The molecule has 3 N–H and O–H groups in total. The zero-order valence-corrected chi connectivity index (χ0v) is 13.8. The maximum absolute atomic E-state index is 12.0. The summed E-state index contributed by atoms with van der Waals surface area (Å²) in [5, 5.41) is 3.02. The molecule has 1 atom stereocenters. The minimum absolute atomic E-state index is 0.0194. The number of nitrogens with one attached hydrogen (secondary N) is 1. The lowest BCUT2D eigenvalue weighted by atomic mass is 10.00. The maximum Gasteiger partial charge on any atom is 0.236 e. The Morgan fingerprint density at radius 1 is 1.25 bits per heavy atom. The Morgan fingerprint density at radius 3 is 2.30 bits per heavy atom. The van der Waals surface area contributed by atoms with Crippen molar-refractivity contribution in [1.82, 2.24) is 15.1 Å². The van der Waals surface area contributed by atoms with Crippen LogP contribution in [0.4, 0.5) is 0 Å². The minimum atomic E-state index is -0.390. The van der Waals surface area contributed by atoms with E-state index in [1.54, 1.807) is 0 Å². The van der Waals surface area contributed by atoms with Crippen LogP contribution in [0.2, 0.25) is 0 Å². The molecule has 1 fully saturated rings. The molecule has 1 aliphatic rings. The van der Waals surface area contributed by atoms with Gasteiger partial charge in [0.25, 0.3) is 0 Å². The van der Waals surface area contributed by atoms with E-state index in [-0.39, 0.29) is 11.4 Å². The predicted molar refractivity (Wildman–Crippen MR) is 83.6 cm³/mol. The molecule has 0 spiro atoms. The van der Waals surface area contributed by atoms with Crippen LogP contribution in [-0.2, 0) is 4.79 Å². The highest BCUT2D eigenvalue weighted by Crippen LogP contribution is 2.15. The molecule has 1 aliphatic heterocycles. The molecule has 20 heavy (non-hydrogen) atoms. The van der Waals surface area contributed by atoms with Gasteiger partial charge in [0.05, 0.1) is 6.04 Å². The molecule has 5 nitrogen and oxygen atoms in total. The zero-order chi connectivity index (χ0) is 15.3. The van der Waals surface area contributed by atoms with Gasteiger partial charge in [-0.15, -0.1) is 0 Å². The quantitative estimate of drug-likeness (QED) is 0.746. The lowest BCUT2D eigenvalue weighted by Crippen LogP contribution is -2.58. The van der Waals surface area contributed by atoms with Gasteiger partial charge in [-0.3, -0.25) is 9.69 Å². The van der Waals surface area contributed by atoms with Gasteiger partial charge in [0.2, 0.25) is 5.91 Å². The van der Waals surface area contributed by atoms with Gasteiger partial charge in [0, 0.05) is 38.3 Å². The Balaban J connectivity index is 2.40. The third-order valence-corrected chi connectivity index (χ3v) is 4.12. The number of nitrogens with zero attached hydrogens (tertiary/aromatic N) is 2. The molecule has 0 radical (unpaired) electrons. The first kappa shape index (κ1) is 17.4. The number of carbonyl (C=O) groups excluding carboxylic acids is 1. The van der Waals surface area contributed by atoms with E-state index in [0.29, 0.717) is 12.5 Å². The molecule has 0 aromatic rings. The van der Waals surface area contributed by atoms with Crippen molar-refractivity contribution in [3.05, 3.63) is 0 Å². The normalized spacial score (nSPS) is 20.1. The van der Waals surface area contributed by atoms with E-state index in [1.165, 1.54) is 0 Å². The van der Waals surface area contributed by atoms with Crippen molar-refractivity contribution in [2.24, 2.45) is 11.7 Å². The molecular weight excluding hydrogens is 252 g/mol. The van der Waals surface area contributed by atoms with Gasteiger partial charge in [0.15, 0.2) is 0 Å². The summed E-state index contributed by atoms with van der Waals surface area (Å²) in [5.41, 5.74) is 5.89. The molecule has 118 valence electrons. The summed E-state index contributed by atoms with van der Waals surface area (Å²) < 4.78 is 0. The Labute approximate surface area is 123 Å². The van der Waals surface area contributed by atoms with Crippen LogP contribution in [0.1, 0.15) is 34.1 Å². The smallest absolute Gasteiger partial charge is 0.236 e. The van der Waals surface area contributed by atoms with Gasteiger partial charge >= 0.3 is 0 Å². The fourth-order valence-electron chi connectivity index (χ4n) is 2.57. The molecule has 5 heteroatoms. The summed E-state index contributed by atoms with van der Waals surface area (Å²) in [7, 11) is 2.15. The van der Waals surface area contributed by atoms with Crippen LogP contribution in [0.5, 0.6) is 0 Å². The summed E-state index contributed by atoms with van der Waals surface area (Å²) in [6.07, 6.45) is 0.737. The van der Waals surface area contributed by atoms with Crippen LogP contribution in [0.3, 0.4) is 0 Å². The van der Waals surface area contributed by atoms with E-state index in [2.05, 4.69) is 49.9 Å². The van der Waals surface area contributed by atoms with Gasteiger partial charge in [-0.1, -0.05) is 13.8 Å². The summed E-state index contributed by atoms with van der Waals surface area (Å²) in [6.45, 7) is 13.5. The predicted octanol–water partition coefficient (Wildman–Crippen LogP) is 0.502. The SMILES string of the molecule is CC(C)C[C@@H](N)C(=O)NCC(C)(C)N1CCN(C)CC1. The number of nitrogens with two attached hydrogens (primary N) is 1. The van der Waals surface area contributed by atoms with Crippen LogP contribution < -0.4 is 11.1 Å². The summed E-state index contributed by atoms with van der Waals surface area (Å²) in [6, 6.07) is -0.390. The zero-order valence-electron chi connectivity index (χ0n) is 13.8. The van der Waals surface area contributed by atoms with Crippen molar-refractivity contribution in [3.63, 3.8) is 0 Å². The highest BCUT2D eigenvalue weighted by Gasteiger charge is 2.30. The first-order chi connectivity index (χ1) is 9.22. The molecule has 0 saturated carbocycles. The van der Waals surface area contributed by atoms with Crippen molar-refractivity contribution < 1.29 is 4.79 Å². The summed E-state index contributed by atoms with van der Waals surface area (Å²) in [5.74, 6) is 0.419. The molecule has 0 unspecified atom stereocenters. The minimum Gasteiger partial charge on any atom is -0.353 e. The lowest BCUT2D eigenvalue weighted by molar-refractivity contribution is -0.123. The lowest BCUT2D eigenvalue weighted by Gasteiger charge is -2.43. The Hall–Kier alpha value is -0.650. The van der Waals surface area contributed by atoms with Gasteiger partial charge in [0.1, 0.15) is 0 Å². The second-order valence-electron chi connectivity index (χ2n) is 7.06. The highest BCUT2D eigenvalue weighted by molar-refractivity contribution is 5.81. The third kappa shape index (κ3) is 5.38. The summed E-state index contributed by atoms with van der Waals surface area (Å²) >= 11 is 0. The Bertz CT molecular complexity index is 309. The van der Waals surface area contributed by atoms with Gasteiger partial charge in [-0.2, -0.15) is 0 Å². The van der Waals surface area contributed by atoms with Crippen LogP contribution in [0.25, 0.3) is 0 Å². The first-order valence-corrected chi connectivity index (χ1v) is 7.69. The van der Waals surface area contributed by atoms with Gasteiger partial charge in [-0.25, -0.2) is 0 Å². The van der Waals surface area contributed by atoms with E-state index in [0.717, 1.165) is 32.6 Å². The molecule has 0 aromatic heterocycles. The van der Waals surface area contributed by atoms with E-state index in [4.69, 9.17) is 5.73 Å². The standard InChI is InChI=1S/C15H32N4O/c1-12(2)10-13(16)14(20)17-11-15(3,4)19-8-6-18(5)7-9-19/h12-13H,6-11,16H2,1-5H3,(H,17,20)/t13-/m1/s1. The van der Waals surface area contributed by atoms with Crippen molar-refractivity contribution in [1.29, 1.82) is 0 Å². The van der Waals surface area contributed by atoms with E-state index in [9.17, 15) is 4.79 Å². The van der Waals surface area contributed by atoms with Gasteiger partial charge < -0.3 is 16.0 Å². The number of piperazine rings is 1. The molecular formula is C15H32N4O. The van der Waals surface area contributed by atoms with Crippen LogP contribution in [0, 0.1) is 5.92 Å². The number of rotatable bonds is 6. The van der Waals surface area contributed by atoms with Gasteiger partial charge in [-0.05, 0) is 33.2 Å². The Morgan fingerprint density at radius 2 is 1.80 bits per heavy atom. The molecule has 1 heterocycles. The Kier molecular flexibility index (Phi) is 6.43. The molecule has 1 rings (SSSR count). The fourth-order valence-corrected chi connectivity index (χ4v) is 2.57. The largest absolute Gasteiger partial charge is 0.353 e. The van der Waals surface area contributed by atoms with Crippen molar-refractivity contribution in [3.8, 4) is 0 Å². The third-order valence-electron chi connectivity index (χ3n) is 4.12. The monoisotopic (exact) mass is 284 g/mol. The second-order valence-corrected chi connectivity index (χ2v) is 7.06. The molecule has 0 aliphatic carbocycles. The molecule has 1 saturated heterocycles. The molecule has 1 amide bonds. The van der Waals surface area contributed by atoms with E-state index < -0.39 is 6.04 Å². The van der Waals surface area contributed by atoms with E-state index >= 15 is 0 Å². The van der Waals surface area contributed by atoms with Crippen LogP contribution in [0.15, 0.2) is 0 Å². The second kappa shape index (κ2) is 7.38. The molecule has 0 bridgehead atoms. The topological polar surface area (TPSA) is 61.6 Å². The van der Waals surface area contributed by atoms with Crippen molar-refractivity contribution >= 4 is 5.91 Å². The number of carbonyl (C=O) groups is 1. The van der Waals surface area contributed by atoms with Crippen molar-refractivity contribution in [2.75, 3.05) is 39.8 Å². The number of hydrogen-bond donors (Lipinski definition) is 2. The first-order valence-electron chi connectivity index (χ1n) is 7.69. The fraction of sp³-hybridized carbons (Fsp3) is 0.933. The number of hydrogen-bond acceptors (Lipinski definition) is 4. The number of likely N-dealkylation sites (N-methyl/N-ethyl adjacent to an activating group) is 1. The average molecular weight is 284 g/mol. The summed E-state index contributed by atoms with van der Waals surface area (Å²) in [4.78, 5) is 16.8.